The summed E-state index contributed by atoms with van der Waals surface area (Å²) in [4.78, 5) is 14.3. The van der Waals surface area contributed by atoms with Gasteiger partial charge in [-0.1, -0.05) is 42.7 Å². The summed E-state index contributed by atoms with van der Waals surface area (Å²) in [7, 11) is 3.36. The highest BCUT2D eigenvalue weighted by Crippen LogP contribution is 2.34. The average molecular weight is 424 g/mol. The molecule has 0 saturated heterocycles. The molecule has 1 fully saturated rings. The fraction of sp³-hybridized carbons (Fsp3) is 0.500. The zero-order valence-electron chi connectivity index (χ0n) is 19.0. The van der Waals surface area contributed by atoms with E-state index >= 15 is 0 Å². The molecular formula is C26H35N2O3+. The van der Waals surface area contributed by atoms with Crippen molar-refractivity contribution in [1.82, 2.24) is 5.32 Å². The number of ether oxygens (including phenoxy) is 2. The van der Waals surface area contributed by atoms with Gasteiger partial charge in [0.1, 0.15) is 12.6 Å². The van der Waals surface area contributed by atoms with Gasteiger partial charge in [0.25, 0.3) is 0 Å². The lowest BCUT2D eigenvalue weighted by Crippen LogP contribution is -3.12. The van der Waals surface area contributed by atoms with Crippen molar-refractivity contribution in [3.63, 3.8) is 0 Å². The number of nitrogens with one attached hydrogen (secondary N) is 2. The van der Waals surface area contributed by atoms with Gasteiger partial charge in [-0.25, -0.2) is 0 Å². The van der Waals surface area contributed by atoms with Crippen LogP contribution < -0.4 is 19.7 Å². The quantitative estimate of drug-likeness (QED) is 0.720. The van der Waals surface area contributed by atoms with E-state index in [0.717, 1.165) is 43.9 Å². The molecule has 31 heavy (non-hydrogen) atoms. The zero-order chi connectivity index (χ0) is 21.8. The number of carbonyl (C=O) groups is 1. The van der Waals surface area contributed by atoms with Crippen LogP contribution in [0.25, 0.3) is 0 Å². The molecule has 2 N–H and O–H groups in total. The van der Waals surface area contributed by atoms with Crippen molar-refractivity contribution in [3.8, 4) is 11.5 Å². The van der Waals surface area contributed by atoms with Gasteiger partial charge in [-0.15, -0.1) is 0 Å². The maximum Gasteiger partial charge on any atom is 0.223 e. The fourth-order valence-electron chi connectivity index (χ4n) is 5.25. The maximum atomic E-state index is 12.8. The van der Waals surface area contributed by atoms with Gasteiger partial charge >= 0.3 is 0 Å². The lowest BCUT2D eigenvalue weighted by atomic mass is 9.91. The molecule has 2 atom stereocenters. The molecule has 2 aromatic rings. The fourth-order valence-corrected chi connectivity index (χ4v) is 5.25. The van der Waals surface area contributed by atoms with E-state index in [0.29, 0.717) is 6.54 Å². The number of amides is 1. The van der Waals surface area contributed by atoms with Gasteiger partial charge in [-0.2, -0.15) is 0 Å². The van der Waals surface area contributed by atoms with Gasteiger partial charge in [-0.05, 0) is 37.5 Å². The van der Waals surface area contributed by atoms with Crippen LogP contribution in [0.15, 0.2) is 36.4 Å². The van der Waals surface area contributed by atoms with E-state index in [9.17, 15) is 4.79 Å². The number of methoxy groups -OCH3 is 2. The van der Waals surface area contributed by atoms with Crippen LogP contribution in [0.1, 0.15) is 54.0 Å². The van der Waals surface area contributed by atoms with Crippen LogP contribution in [0.5, 0.6) is 11.5 Å². The molecule has 2 aliphatic rings. The molecule has 1 aliphatic heterocycles. The number of aryl methyl sites for hydroxylation is 1. The van der Waals surface area contributed by atoms with Crippen molar-refractivity contribution in [3.05, 3.63) is 58.7 Å². The van der Waals surface area contributed by atoms with Crippen molar-refractivity contribution >= 4 is 5.91 Å². The molecule has 0 spiro atoms. The predicted octanol–water partition coefficient (Wildman–Crippen LogP) is 3.00. The van der Waals surface area contributed by atoms with Gasteiger partial charge in [0.2, 0.25) is 5.91 Å². The second-order valence-electron chi connectivity index (χ2n) is 9.01. The Balaban J connectivity index is 1.60. The molecule has 4 rings (SSSR count). The number of carbonyl (C=O) groups excluding carboxylic acids is 1. The number of benzene rings is 2. The molecule has 2 aromatic carbocycles. The molecule has 1 aliphatic carbocycles. The second kappa shape index (κ2) is 9.73. The molecule has 166 valence electrons. The minimum atomic E-state index is 0.189. The number of hydrogen-bond acceptors (Lipinski definition) is 3. The molecule has 0 bridgehead atoms. The summed E-state index contributed by atoms with van der Waals surface area (Å²) in [6.07, 6.45) is 5.39. The van der Waals surface area contributed by atoms with Crippen molar-refractivity contribution in [2.24, 2.45) is 5.92 Å². The third kappa shape index (κ3) is 4.87. The standard InChI is InChI=1S/C26H34N2O3/c1-18-7-6-8-19(13-18)17-28-12-11-21-14-24(30-2)25(31-3)15-22(21)23(28)16-27-26(29)20-9-4-5-10-20/h6-8,13-15,20,23H,4-5,9-12,16-17H2,1-3H3,(H,27,29)/p+1/t23-/m1/s1. The highest BCUT2D eigenvalue weighted by atomic mass is 16.5. The Labute approximate surface area is 185 Å². The third-order valence-electron chi connectivity index (χ3n) is 6.95. The van der Waals surface area contributed by atoms with E-state index in [-0.39, 0.29) is 17.9 Å². The summed E-state index contributed by atoms with van der Waals surface area (Å²) >= 11 is 0. The number of rotatable bonds is 7. The van der Waals surface area contributed by atoms with E-state index in [1.807, 2.05) is 0 Å². The minimum Gasteiger partial charge on any atom is -0.493 e. The Hall–Kier alpha value is -2.53. The Bertz CT molecular complexity index is 921. The summed E-state index contributed by atoms with van der Waals surface area (Å²) in [5.74, 6) is 1.94. The molecule has 1 amide bonds. The Morgan fingerprint density at radius 1 is 1.10 bits per heavy atom. The molecule has 1 saturated carbocycles. The summed E-state index contributed by atoms with van der Waals surface area (Å²) in [5.41, 5.74) is 5.18. The van der Waals surface area contributed by atoms with Crippen molar-refractivity contribution in [1.29, 1.82) is 0 Å². The first kappa shape index (κ1) is 21.7. The normalized spacial score (nSPS) is 20.9. The number of hydrogen-bond donors (Lipinski definition) is 2. The van der Waals surface area contributed by atoms with Gasteiger partial charge in [0, 0.05) is 23.5 Å². The van der Waals surface area contributed by atoms with Crippen LogP contribution in [-0.4, -0.2) is 33.2 Å². The summed E-state index contributed by atoms with van der Waals surface area (Å²) in [6, 6.07) is 13.2. The Morgan fingerprint density at radius 2 is 1.84 bits per heavy atom. The molecule has 0 radical (unpaired) electrons. The lowest BCUT2D eigenvalue weighted by Gasteiger charge is -2.35. The van der Waals surface area contributed by atoms with E-state index in [1.165, 1.54) is 40.0 Å². The second-order valence-corrected chi connectivity index (χ2v) is 9.01. The van der Waals surface area contributed by atoms with Gasteiger partial charge < -0.3 is 19.7 Å². The Morgan fingerprint density at radius 3 is 2.55 bits per heavy atom. The smallest absolute Gasteiger partial charge is 0.223 e. The molecule has 1 heterocycles. The topological polar surface area (TPSA) is 52.0 Å². The first-order valence-corrected chi connectivity index (χ1v) is 11.5. The van der Waals surface area contributed by atoms with Crippen LogP contribution in [0.4, 0.5) is 0 Å². The molecule has 1 unspecified atom stereocenters. The molecule has 0 aromatic heterocycles. The van der Waals surface area contributed by atoms with Crippen LogP contribution in [-0.2, 0) is 17.8 Å². The maximum absolute atomic E-state index is 12.8. The average Bonchev–Trinajstić information content (AvgIpc) is 3.32. The number of fused-ring (bicyclic) bond motifs is 1. The van der Waals surface area contributed by atoms with Crippen LogP contribution in [0, 0.1) is 12.8 Å². The van der Waals surface area contributed by atoms with Gasteiger partial charge in [0.05, 0.1) is 27.3 Å². The number of quaternary nitrogens is 1. The summed E-state index contributed by atoms with van der Waals surface area (Å²) in [5, 5.41) is 3.30. The Kier molecular flexibility index (Phi) is 6.81. The largest absolute Gasteiger partial charge is 0.493 e. The van der Waals surface area contributed by atoms with Crippen LogP contribution >= 0.6 is 0 Å². The summed E-state index contributed by atoms with van der Waals surface area (Å²) < 4.78 is 11.1. The van der Waals surface area contributed by atoms with E-state index in [2.05, 4.69) is 48.6 Å². The molecule has 5 heteroatoms. The first-order chi connectivity index (χ1) is 15.1. The van der Waals surface area contributed by atoms with Crippen molar-refractivity contribution < 1.29 is 19.2 Å². The van der Waals surface area contributed by atoms with Crippen molar-refractivity contribution in [2.75, 3.05) is 27.3 Å². The third-order valence-corrected chi connectivity index (χ3v) is 6.95. The highest BCUT2D eigenvalue weighted by molar-refractivity contribution is 5.78. The van der Waals surface area contributed by atoms with E-state index in [1.54, 1.807) is 14.2 Å². The molecule has 5 nitrogen and oxygen atoms in total. The van der Waals surface area contributed by atoms with Gasteiger partial charge in [-0.3, -0.25) is 4.79 Å². The predicted molar refractivity (Wildman–Crippen MR) is 122 cm³/mol. The molecular weight excluding hydrogens is 388 g/mol. The van der Waals surface area contributed by atoms with Gasteiger partial charge in [0.15, 0.2) is 11.5 Å². The highest BCUT2D eigenvalue weighted by Gasteiger charge is 2.34. The zero-order valence-corrected chi connectivity index (χ0v) is 19.0. The van der Waals surface area contributed by atoms with E-state index < -0.39 is 0 Å². The SMILES string of the molecule is COc1cc2c(cc1OC)[C@@H](CNC(=O)C1CCCC1)[NH+](Cc1cccc(C)c1)CC2. The van der Waals surface area contributed by atoms with E-state index in [4.69, 9.17) is 9.47 Å². The van der Waals surface area contributed by atoms with Crippen LogP contribution in [0.3, 0.4) is 0 Å². The van der Waals surface area contributed by atoms with Crippen molar-refractivity contribution in [2.45, 2.75) is 51.6 Å². The lowest BCUT2D eigenvalue weighted by molar-refractivity contribution is -0.945. The minimum absolute atomic E-state index is 0.189. The monoisotopic (exact) mass is 423 g/mol. The first-order valence-electron chi connectivity index (χ1n) is 11.5. The van der Waals surface area contributed by atoms with Crippen LogP contribution in [0.2, 0.25) is 0 Å². The summed E-state index contributed by atoms with van der Waals surface area (Å²) in [6.45, 7) is 4.76.